The summed E-state index contributed by atoms with van der Waals surface area (Å²) >= 11 is 8.16. The number of carbonyl (C=O) groups is 1. The average molecular weight is 307 g/mol. The van der Waals surface area contributed by atoms with E-state index < -0.39 is 0 Å². The van der Waals surface area contributed by atoms with Crippen LogP contribution in [-0.2, 0) is 0 Å². The molecule has 0 spiro atoms. The summed E-state index contributed by atoms with van der Waals surface area (Å²) in [5, 5.41) is 1.47. The number of hydrogen-bond acceptors (Lipinski definition) is 3. The number of pyridine rings is 1. The molecule has 1 aromatic heterocycles. The molecule has 5 heteroatoms. The van der Waals surface area contributed by atoms with Gasteiger partial charge in [-0.15, -0.1) is 0 Å². The molecule has 20 heavy (non-hydrogen) atoms. The Bertz CT molecular complexity index is 639. The normalized spacial score (nSPS) is 16.1. The smallest absolute Gasteiger partial charge is 0.272 e. The molecular formula is C15H15ClN2OS. The van der Waals surface area contributed by atoms with Gasteiger partial charge in [0, 0.05) is 24.2 Å². The largest absolute Gasteiger partial charge is 0.336 e. The Morgan fingerprint density at radius 2 is 2.10 bits per heavy atom. The molecule has 1 amide bonds. The molecule has 1 saturated heterocycles. The molecule has 1 aromatic carbocycles. The summed E-state index contributed by atoms with van der Waals surface area (Å²) in [4.78, 5) is 18.9. The van der Waals surface area contributed by atoms with Crippen molar-refractivity contribution in [2.45, 2.75) is 6.42 Å². The van der Waals surface area contributed by atoms with Crippen LogP contribution in [0.4, 0.5) is 0 Å². The summed E-state index contributed by atoms with van der Waals surface area (Å²) < 4.78 is 0. The summed E-state index contributed by atoms with van der Waals surface area (Å²) in [6.07, 6.45) is 1.04. The van der Waals surface area contributed by atoms with E-state index in [0.29, 0.717) is 10.7 Å². The summed E-state index contributed by atoms with van der Waals surface area (Å²) in [6.45, 7) is 1.59. The molecule has 1 fully saturated rings. The molecule has 104 valence electrons. The number of halogens is 1. The fourth-order valence-electron chi connectivity index (χ4n) is 2.35. The fourth-order valence-corrected chi connectivity index (χ4v) is 3.50. The lowest BCUT2D eigenvalue weighted by molar-refractivity contribution is 0.0763. The zero-order valence-corrected chi connectivity index (χ0v) is 12.6. The van der Waals surface area contributed by atoms with Crippen LogP contribution in [0.3, 0.4) is 0 Å². The third-order valence-corrected chi connectivity index (χ3v) is 4.76. The quantitative estimate of drug-likeness (QED) is 0.809. The molecule has 1 aliphatic heterocycles. The van der Waals surface area contributed by atoms with Crippen LogP contribution in [0.1, 0.15) is 16.9 Å². The fraction of sp³-hybridized carbons (Fsp3) is 0.333. The Labute approximate surface area is 127 Å². The average Bonchev–Trinajstić information content (AvgIpc) is 2.75. The van der Waals surface area contributed by atoms with Gasteiger partial charge in [-0.05, 0) is 24.3 Å². The summed E-state index contributed by atoms with van der Waals surface area (Å²) in [6, 6.07) is 9.31. The van der Waals surface area contributed by atoms with E-state index in [1.165, 1.54) is 0 Å². The first kappa shape index (κ1) is 13.7. The van der Waals surface area contributed by atoms with Gasteiger partial charge in [0.1, 0.15) is 5.69 Å². The second-order valence-electron chi connectivity index (χ2n) is 4.76. The topological polar surface area (TPSA) is 33.2 Å². The lowest BCUT2D eigenvalue weighted by Gasteiger charge is -2.19. The Morgan fingerprint density at radius 1 is 1.25 bits per heavy atom. The van der Waals surface area contributed by atoms with E-state index in [-0.39, 0.29) is 5.91 Å². The minimum atomic E-state index is -0.0137. The molecule has 0 radical (unpaired) electrons. The monoisotopic (exact) mass is 306 g/mol. The molecule has 1 aliphatic rings. The molecule has 0 atom stereocenters. The standard InChI is InChI=1S/C15H15ClN2OS/c16-12-10-14(17-13-5-2-1-4-11(12)13)15(19)18-6-3-8-20-9-7-18/h1-2,4-5,10H,3,6-9H2. The van der Waals surface area contributed by atoms with Gasteiger partial charge in [0.25, 0.3) is 5.91 Å². The van der Waals surface area contributed by atoms with Gasteiger partial charge in [-0.1, -0.05) is 29.8 Å². The predicted molar refractivity (Wildman–Crippen MR) is 84.6 cm³/mol. The van der Waals surface area contributed by atoms with Crippen molar-refractivity contribution in [2.24, 2.45) is 0 Å². The third kappa shape index (κ3) is 2.76. The maximum absolute atomic E-state index is 12.5. The number of nitrogens with zero attached hydrogens (tertiary/aromatic N) is 2. The Hall–Kier alpha value is -1.26. The molecule has 0 bridgehead atoms. The van der Waals surface area contributed by atoms with E-state index in [1.54, 1.807) is 6.07 Å². The highest BCUT2D eigenvalue weighted by Crippen LogP contribution is 2.23. The van der Waals surface area contributed by atoms with Crippen molar-refractivity contribution in [2.75, 3.05) is 24.6 Å². The lowest BCUT2D eigenvalue weighted by Crippen LogP contribution is -2.33. The molecule has 0 unspecified atom stereocenters. The molecule has 3 rings (SSSR count). The van der Waals surface area contributed by atoms with Crippen molar-refractivity contribution in [3.8, 4) is 0 Å². The number of hydrogen-bond donors (Lipinski definition) is 0. The molecule has 3 nitrogen and oxygen atoms in total. The van der Waals surface area contributed by atoms with E-state index in [4.69, 9.17) is 11.6 Å². The zero-order chi connectivity index (χ0) is 13.9. The van der Waals surface area contributed by atoms with E-state index in [0.717, 1.165) is 41.9 Å². The molecule has 2 heterocycles. The lowest BCUT2D eigenvalue weighted by atomic mass is 10.2. The summed E-state index contributed by atoms with van der Waals surface area (Å²) in [5.41, 5.74) is 1.22. The first-order valence-corrected chi connectivity index (χ1v) is 8.21. The van der Waals surface area contributed by atoms with Gasteiger partial charge in [0.05, 0.1) is 10.5 Å². The summed E-state index contributed by atoms with van der Waals surface area (Å²) in [5.74, 6) is 2.10. The van der Waals surface area contributed by atoms with E-state index in [2.05, 4.69) is 4.98 Å². The number of aromatic nitrogens is 1. The zero-order valence-electron chi connectivity index (χ0n) is 11.0. The van der Waals surface area contributed by atoms with Gasteiger partial charge in [0.15, 0.2) is 0 Å². The van der Waals surface area contributed by atoms with Gasteiger partial charge >= 0.3 is 0 Å². The van der Waals surface area contributed by atoms with Crippen molar-refractivity contribution in [3.63, 3.8) is 0 Å². The van der Waals surface area contributed by atoms with Crippen LogP contribution in [0, 0.1) is 0 Å². The van der Waals surface area contributed by atoms with Gasteiger partial charge in [-0.2, -0.15) is 11.8 Å². The number of para-hydroxylation sites is 1. The minimum absolute atomic E-state index is 0.0137. The second kappa shape index (κ2) is 6.02. The van der Waals surface area contributed by atoms with Crippen molar-refractivity contribution < 1.29 is 4.79 Å². The van der Waals surface area contributed by atoms with Gasteiger partial charge < -0.3 is 4.90 Å². The van der Waals surface area contributed by atoms with Gasteiger partial charge in [0.2, 0.25) is 0 Å². The van der Waals surface area contributed by atoms with Crippen LogP contribution in [0.2, 0.25) is 5.02 Å². The molecule has 0 N–H and O–H groups in total. The van der Waals surface area contributed by atoms with E-state index >= 15 is 0 Å². The predicted octanol–water partition coefficient (Wildman–Crippen LogP) is 3.47. The van der Waals surface area contributed by atoms with Crippen molar-refractivity contribution in [1.82, 2.24) is 9.88 Å². The highest BCUT2D eigenvalue weighted by molar-refractivity contribution is 7.99. The van der Waals surface area contributed by atoms with Crippen molar-refractivity contribution in [1.29, 1.82) is 0 Å². The Morgan fingerprint density at radius 3 is 3.00 bits per heavy atom. The maximum Gasteiger partial charge on any atom is 0.272 e. The van der Waals surface area contributed by atoms with Crippen LogP contribution >= 0.6 is 23.4 Å². The van der Waals surface area contributed by atoms with Gasteiger partial charge in [-0.3, -0.25) is 4.79 Å². The number of amides is 1. The van der Waals surface area contributed by atoms with Crippen LogP contribution in [-0.4, -0.2) is 40.4 Å². The van der Waals surface area contributed by atoms with Crippen molar-refractivity contribution >= 4 is 40.2 Å². The highest BCUT2D eigenvalue weighted by atomic mass is 35.5. The first-order valence-electron chi connectivity index (χ1n) is 6.68. The second-order valence-corrected chi connectivity index (χ2v) is 6.40. The molecule has 2 aromatic rings. The maximum atomic E-state index is 12.5. The van der Waals surface area contributed by atoms with Gasteiger partial charge in [-0.25, -0.2) is 4.98 Å². The SMILES string of the molecule is O=C(c1cc(Cl)c2ccccc2n1)N1CCCSCC1. The third-order valence-electron chi connectivity index (χ3n) is 3.39. The molecular weight excluding hydrogens is 292 g/mol. The Balaban J connectivity index is 1.94. The minimum Gasteiger partial charge on any atom is -0.336 e. The van der Waals surface area contributed by atoms with Crippen LogP contribution in [0.15, 0.2) is 30.3 Å². The number of carbonyl (C=O) groups excluding carboxylic acids is 1. The van der Waals surface area contributed by atoms with Crippen molar-refractivity contribution in [3.05, 3.63) is 41.0 Å². The Kier molecular flexibility index (Phi) is 4.13. The number of benzene rings is 1. The van der Waals surface area contributed by atoms with Crippen LogP contribution in [0.25, 0.3) is 10.9 Å². The molecule has 0 saturated carbocycles. The number of rotatable bonds is 1. The first-order chi connectivity index (χ1) is 9.75. The van der Waals surface area contributed by atoms with E-state index in [1.807, 2.05) is 40.9 Å². The van der Waals surface area contributed by atoms with Crippen LogP contribution < -0.4 is 0 Å². The van der Waals surface area contributed by atoms with E-state index in [9.17, 15) is 4.79 Å². The number of fused-ring (bicyclic) bond motifs is 1. The van der Waals surface area contributed by atoms with Crippen LogP contribution in [0.5, 0.6) is 0 Å². The highest BCUT2D eigenvalue weighted by Gasteiger charge is 2.19. The molecule has 0 aliphatic carbocycles. The number of thioether (sulfide) groups is 1. The summed E-state index contributed by atoms with van der Waals surface area (Å²) in [7, 11) is 0.